The average Bonchev–Trinajstić information content (AvgIpc) is 3.39. The molecule has 0 aliphatic heterocycles. The van der Waals surface area contributed by atoms with Gasteiger partial charge in [0.25, 0.3) is 5.56 Å². The highest BCUT2D eigenvalue weighted by Gasteiger charge is 2.20. The van der Waals surface area contributed by atoms with Crippen molar-refractivity contribution >= 4 is 22.9 Å². The maximum atomic E-state index is 13.0. The number of thiophene rings is 1. The van der Waals surface area contributed by atoms with E-state index >= 15 is 0 Å². The number of nitrogens with zero attached hydrogens (tertiary/aromatic N) is 2. The Kier molecular flexibility index (Phi) is 6.16. The predicted molar refractivity (Wildman–Crippen MR) is 125 cm³/mol. The second kappa shape index (κ2) is 9.16. The molecule has 0 aliphatic rings. The summed E-state index contributed by atoms with van der Waals surface area (Å²) < 4.78 is 3.30. The minimum atomic E-state index is -0.261. The Hall–Kier alpha value is -3.42. The van der Waals surface area contributed by atoms with E-state index in [1.807, 2.05) is 85.1 Å². The fourth-order valence-corrected chi connectivity index (χ4v) is 4.40. The van der Waals surface area contributed by atoms with Gasteiger partial charge in [0.1, 0.15) is 5.69 Å². The van der Waals surface area contributed by atoms with Gasteiger partial charge in [0.15, 0.2) is 0 Å². The molecule has 2 aromatic heterocycles. The summed E-state index contributed by atoms with van der Waals surface area (Å²) in [7, 11) is 1.81. The zero-order valence-corrected chi connectivity index (χ0v) is 18.2. The van der Waals surface area contributed by atoms with Crippen LogP contribution in [-0.2, 0) is 11.8 Å². The van der Waals surface area contributed by atoms with Crippen LogP contribution >= 0.6 is 11.3 Å². The molecule has 4 rings (SSSR count). The molecule has 158 valence electrons. The standard InChI is InChI=1S/C24H24N4O2S/c1-17-22(24(30)28(27(17)2)19-12-7-4-8-13-19)26-21(29)16-25-23(20-14-9-15-31-20)18-10-5-3-6-11-18/h3-15,23,25H,16H2,1-2H3,(H,26,29). The molecule has 7 heteroatoms. The second-order valence-electron chi connectivity index (χ2n) is 7.22. The Morgan fingerprint density at radius 1 is 1.00 bits per heavy atom. The fraction of sp³-hybridized carbons (Fsp3) is 0.167. The van der Waals surface area contributed by atoms with Crippen molar-refractivity contribution in [3.8, 4) is 5.69 Å². The van der Waals surface area contributed by atoms with Gasteiger partial charge in [0.2, 0.25) is 5.91 Å². The number of hydrogen-bond donors (Lipinski definition) is 2. The first-order chi connectivity index (χ1) is 15.1. The van der Waals surface area contributed by atoms with Crippen LogP contribution in [0.5, 0.6) is 0 Å². The predicted octanol–water partition coefficient (Wildman–Crippen LogP) is 3.86. The van der Waals surface area contributed by atoms with E-state index in [-0.39, 0.29) is 24.1 Å². The molecule has 1 atom stereocenters. The molecule has 6 nitrogen and oxygen atoms in total. The smallest absolute Gasteiger partial charge is 0.295 e. The molecule has 0 aliphatic carbocycles. The van der Waals surface area contributed by atoms with Crippen LogP contribution < -0.4 is 16.2 Å². The Labute approximate surface area is 184 Å². The second-order valence-corrected chi connectivity index (χ2v) is 8.20. The summed E-state index contributed by atoms with van der Waals surface area (Å²) in [6.07, 6.45) is 0. The molecule has 1 unspecified atom stereocenters. The van der Waals surface area contributed by atoms with E-state index in [2.05, 4.69) is 10.6 Å². The van der Waals surface area contributed by atoms with Crippen molar-refractivity contribution in [2.45, 2.75) is 13.0 Å². The van der Waals surface area contributed by atoms with Gasteiger partial charge < -0.3 is 5.32 Å². The van der Waals surface area contributed by atoms with Crippen molar-refractivity contribution < 1.29 is 4.79 Å². The van der Waals surface area contributed by atoms with Crippen LogP contribution in [0.3, 0.4) is 0 Å². The molecule has 2 N–H and O–H groups in total. The minimum absolute atomic E-state index is 0.0799. The number of benzene rings is 2. The van der Waals surface area contributed by atoms with Gasteiger partial charge in [0.05, 0.1) is 24.0 Å². The van der Waals surface area contributed by atoms with E-state index < -0.39 is 0 Å². The van der Waals surface area contributed by atoms with Gasteiger partial charge in [-0.05, 0) is 36.1 Å². The lowest BCUT2D eigenvalue weighted by Crippen LogP contribution is -2.33. The summed E-state index contributed by atoms with van der Waals surface area (Å²) in [5.74, 6) is -0.261. The largest absolute Gasteiger partial charge is 0.319 e. The molecule has 2 aromatic carbocycles. The third kappa shape index (κ3) is 4.38. The molecular weight excluding hydrogens is 408 g/mol. The van der Waals surface area contributed by atoms with Crippen LogP contribution in [0.25, 0.3) is 5.69 Å². The van der Waals surface area contributed by atoms with Gasteiger partial charge in [-0.3, -0.25) is 19.6 Å². The zero-order chi connectivity index (χ0) is 21.8. The van der Waals surface area contributed by atoms with Crippen molar-refractivity contribution in [3.63, 3.8) is 0 Å². The highest BCUT2D eigenvalue weighted by atomic mass is 32.1. The van der Waals surface area contributed by atoms with Gasteiger partial charge in [-0.2, -0.15) is 0 Å². The number of amides is 1. The van der Waals surface area contributed by atoms with Crippen molar-refractivity contribution in [2.75, 3.05) is 11.9 Å². The van der Waals surface area contributed by atoms with Gasteiger partial charge >= 0.3 is 0 Å². The minimum Gasteiger partial charge on any atom is -0.319 e. The fourth-order valence-electron chi connectivity index (χ4n) is 3.57. The first kappa shape index (κ1) is 20.8. The SMILES string of the molecule is Cc1c(NC(=O)CNC(c2ccccc2)c2cccs2)c(=O)n(-c2ccccc2)n1C. The van der Waals surface area contributed by atoms with Crippen LogP contribution in [0.1, 0.15) is 22.2 Å². The summed E-state index contributed by atoms with van der Waals surface area (Å²) in [5, 5.41) is 8.16. The van der Waals surface area contributed by atoms with Gasteiger partial charge in [-0.1, -0.05) is 54.6 Å². The number of hydrogen-bond acceptors (Lipinski definition) is 4. The van der Waals surface area contributed by atoms with Crippen LogP contribution in [0.15, 0.2) is 83.0 Å². The molecule has 0 saturated heterocycles. The Bertz CT molecular complexity index is 1210. The molecule has 1 amide bonds. The highest BCUT2D eigenvalue weighted by Crippen LogP contribution is 2.25. The van der Waals surface area contributed by atoms with E-state index in [4.69, 9.17) is 0 Å². The van der Waals surface area contributed by atoms with Crippen LogP contribution in [-0.4, -0.2) is 21.8 Å². The van der Waals surface area contributed by atoms with E-state index in [0.717, 1.165) is 16.1 Å². The topological polar surface area (TPSA) is 68.1 Å². The average molecular weight is 433 g/mol. The first-order valence-electron chi connectivity index (χ1n) is 10.0. The number of aromatic nitrogens is 2. The summed E-state index contributed by atoms with van der Waals surface area (Å²) in [4.78, 5) is 26.9. The van der Waals surface area contributed by atoms with Crippen LogP contribution in [0.4, 0.5) is 5.69 Å². The highest BCUT2D eigenvalue weighted by molar-refractivity contribution is 7.10. The third-order valence-corrected chi connectivity index (χ3v) is 6.18. The van der Waals surface area contributed by atoms with E-state index in [0.29, 0.717) is 11.4 Å². The maximum absolute atomic E-state index is 13.0. The molecule has 2 heterocycles. The summed E-state index contributed by atoms with van der Waals surface area (Å²) in [5.41, 5.74) is 2.57. The molecule has 0 saturated carbocycles. The van der Waals surface area contributed by atoms with Crippen molar-refractivity contribution in [3.05, 3.63) is 105 Å². The number of nitrogens with one attached hydrogen (secondary N) is 2. The molecular formula is C24H24N4O2S. The number of carbonyl (C=O) groups is 1. The summed E-state index contributed by atoms with van der Waals surface area (Å²) >= 11 is 1.64. The van der Waals surface area contributed by atoms with Crippen molar-refractivity contribution in [2.24, 2.45) is 7.05 Å². The Morgan fingerprint density at radius 3 is 2.32 bits per heavy atom. The normalized spacial score (nSPS) is 11.9. The molecule has 0 radical (unpaired) electrons. The first-order valence-corrected chi connectivity index (χ1v) is 10.9. The lowest BCUT2D eigenvalue weighted by Gasteiger charge is -2.17. The van der Waals surface area contributed by atoms with Gasteiger partial charge in [0, 0.05) is 11.9 Å². The van der Waals surface area contributed by atoms with Crippen molar-refractivity contribution in [1.82, 2.24) is 14.7 Å². The third-order valence-electron chi connectivity index (χ3n) is 5.25. The lowest BCUT2D eigenvalue weighted by atomic mass is 10.1. The maximum Gasteiger partial charge on any atom is 0.295 e. The number of rotatable bonds is 7. The number of carbonyl (C=O) groups excluding carboxylic acids is 1. The van der Waals surface area contributed by atoms with Crippen molar-refractivity contribution in [1.29, 1.82) is 0 Å². The van der Waals surface area contributed by atoms with Crippen LogP contribution in [0, 0.1) is 6.92 Å². The molecule has 0 spiro atoms. The quantitative estimate of drug-likeness (QED) is 0.466. The van der Waals surface area contributed by atoms with E-state index in [9.17, 15) is 9.59 Å². The summed E-state index contributed by atoms with van der Waals surface area (Å²) in [6.45, 7) is 1.90. The van der Waals surface area contributed by atoms with Gasteiger partial charge in [-0.15, -0.1) is 11.3 Å². The van der Waals surface area contributed by atoms with E-state index in [1.165, 1.54) is 0 Å². The van der Waals surface area contributed by atoms with Gasteiger partial charge in [-0.25, -0.2) is 4.68 Å². The summed E-state index contributed by atoms with van der Waals surface area (Å²) in [6, 6.07) is 23.3. The zero-order valence-electron chi connectivity index (χ0n) is 17.4. The lowest BCUT2D eigenvalue weighted by molar-refractivity contribution is -0.115. The number of anilines is 1. The van der Waals surface area contributed by atoms with Crippen LogP contribution in [0.2, 0.25) is 0 Å². The molecule has 0 fully saturated rings. The van der Waals surface area contributed by atoms with E-state index in [1.54, 1.807) is 27.7 Å². The Balaban J connectivity index is 1.52. The Morgan fingerprint density at radius 2 is 1.68 bits per heavy atom. The number of para-hydroxylation sites is 1. The monoisotopic (exact) mass is 432 g/mol. The molecule has 0 bridgehead atoms. The molecule has 4 aromatic rings. The molecule has 31 heavy (non-hydrogen) atoms.